The second-order valence-corrected chi connectivity index (χ2v) is 6.31. The van der Waals surface area contributed by atoms with Crippen LogP contribution in [0.2, 0.25) is 0 Å². The zero-order valence-corrected chi connectivity index (χ0v) is 16.1. The van der Waals surface area contributed by atoms with Crippen molar-refractivity contribution in [1.29, 1.82) is 0 Å². The van der Waals surface area contributed by atoms with Crippen molar-refractivity contribution in [2.45, 2.75) is 39.7 Å². The highest BCUT2D eigenvalue weighted by molar-refractivity contribution is 5.79. The van der Waals surface area contributed by atoms with Gasteiger partial charge in [-0.05, 0) is 43.9 Å². The molecular formula is C19H33N3O3. The van der Waals surface area contributed by atoms with E-state index in [1.165, 1.54) is 6.42 Å². The first-order valence-electron chi connectivity index (χ1n) is 8.93. The molecule has 0 aliphatic rings. The van der Waals surface area contributed by atoms with Gasteiger partial charge in [-0.1, -0.05) is 13.8 Å². The fourth-order valence-electron chi connectivity index (χ4n) is 2.43. The van der Waals surface area contributed by atoms with Crippen LogP contribution in [0.4, 0.5) is 0 Å². The van der Waals surface area contributed by atoms with Crippen molar-refractivity contribution in [3.8, 4) is 11.5 Å². The Morgan fingerprint density at radius 2 is 1.96 bits per heavy atom. The van der Waals surface area contributed by atoms with Gasteiger partial charge in [0.1, 0.15) is 17.6 Å². The third kappa shape index (κ3) is 7.65. The van der Waals surface area contributed by atoms with E-state index in [1.54, 1.807) is 32.4 Å². The standard InChI is InChI=1S/C19H33N3O3/c1-6-20-19(21-11-7-8-14(2)3)22-13-17(23)16-12-15(24-4)9-10-18(16)25-5/h9-10,12,14,17,23H,6-8,11,13H2,1-5H3,(H2,20,21,22). The van der Waals surface area contributed by atoms with Gasteiger partial charge in [0.25, 0.3) is 0 Å². The molecule has 0 radical (unpaired) electrons. The number of nitrogens with one attached hydrogen (secondary N) is 2. The number of ether oxygens (including phenoxy) is 2. The minimum atomic E-state index is -0.767. The Hall–Kier alpha value is -1.95. The zero-order chi connectivity index (χ0) is 18.7. The summed E-state index contributed by atoms with van der Waals surface area (Å²) in [5, 5.41) is 17.0. The molecule has 0 spiro atoms. The van der Waals surface area contributed by atoms with E-state index >= 15 is 0 Å². The lowest BCUT2D eigenvalue weighted by Crippen LogP contribution is -2.38. The second-order valence-electron chi connectivity index (χ2n) is 6.31. The number of aliphatic imine (C=N–C) groups is 1. The van der Waals surface area contributed by atoms with Crippen LogP contribution in [0.1, 0.15) is 45.3 Å². The van der Waals surface area contributed by atoms with Crippen molar-refractivity contribution in [2.75, 3.05) is 33.9 Å². The van der Waals surface area contributed by atoms with Crippen LogP contribution in [0.15, 0.2) is 23.2 Å². The van der Waals surface area contributed by atoms with Crippen molar-refractivity contribution in [1.82, 2.24) is 10.6 Å². The Morgan fingerprint density at radius 3 is 2.56 bits per heavy atom. The van der Waals surface area contributed by atoms with Crippen LogP contribution in [0.3, 0.4) is 0 Å². The van der Waals surface area contributed by atoms with Gasteiger partial charge in [-0.25, -0.2) is 0 Å². The van der Waals surface area contributed by atoms with Crippen LogP contribution in [0.5, 0.6) is 11.5 Å². The van der Waals surface area contributed by atoms with Crippen molar-refractivity contribution in [3.63, 3.8) is 0 Å². The van der Waals surface area contributed by atoms with E-state index < -0.39 is 6.10 Å². The van der Waals surface area contributed by atoms with Gasteiger partial charge in [-0.2, -0.15) is 0 Å². The number of rotatable bonds is 10. The zero-order valence-electron chi connectivity index (χ0n) is 16.1. The van der Waals surface area contributed by atoms with Gasteiger partial charge in [0.05, 0.1) is 20.8 Å². The lowest BCUT2D eigenvalue weighted by Gasteiger charge is -2.16. The number of guanidine groups is 1. The first kappa shape index (κ1) is 21.1. The highest BCUT2D eigenvalue weighted by Crippen LogP contribution is 2.29. The topological polar surface area (TPSA) is 75.1 Å². The highest BCUT2D eigenvalue weighted by atomic mass is 16.5. The number of nitrogens with zero attached hydrogens (tertiary/aromatic N) is 1. The molecule has 142 valence electrons. The maximum Gasteiger partial charge on any atom is 0.191 e. The lowest BCUT2D eigenvalue weighted by atomic mass is 10.1. The fraction of sp³-hybridized carbons (Fsp3) is 0.632. The smallest absolute Gasteiger partial charge is 0.191 e. The molecule has 1 unspecified atom stereocenters. The summed E-state index contributed by atoms with van der Waals surface area (Å²) in [4.78, 5) is 4.49. The molecular weight excluding hydrogens is 318 g/mol. The molecule has 0 saturated carbocycles. The molecule has 1 atom stereocenters. The van der Waals surface area contributed by atoms with E-state index in [2.05, 4.69) is 29.5 Å². The monoisotopic (exact) mass is 351 g/mol. The number of hydrogen-bond donors (Lipinski definition) is 3. The van der Waals surface area contributed by atoms with Crippen LogP contribution in [-0.4, -0.2) is 44.9 Å². The van der Waals surface area contributed by atoms with Crippen LogP contribution < -0.4 is 20.1 Å². The van der Waals surface area contributed by atoms with Gasteiger partial charge < -0.3 is 25.2 Å². The summed E-state index contributed by atoms with van der Waals surface area (Å²) in [6.07, 6.45) is 1.50. The van der Waals surface area contributed by atoms with Gasteiger partial charge in [0, 0.05) is 18.7 Å². The van der Waals surface area contributed by atoms with Crippen molar-refractivity contribution in [2.24, 2.45) is 10.9 Å². The summed E-state index contributed by atoms with van der Waals surface area (Å²) >= 11 is 0. The van der Waals surface area contributed by atoms with E-state index in [-0.39, 0.29) is 6.54 Å². The molecule has 0 aliphatic heterocycles. The maximum absolute atomic E-state index is 10.5. The third-order valence-electron chi connectivity index (χ3n) is 3.81. The molecule has 0 fully saturated rings. The van der Waals surface area contributed by atoms with Gasteiger partial charge in [0.2, 0.25) is 0 Å². The Labute approximate surface area is 151 Å². The van der Waals surface area contributed by atoms with Crippen LogP contribution in [0.25, 0.3) is 0 Å². The van der Waals surface area contributed by atoms with Crippen molar-refractivity contribution in [3.05, 3.63) is 23.8 Å². The summed E-state index contributed by atoms with van der Waals surface area (Å²) < 4.78 is 10.6. The molecule has 0 bridgehead atoms. The fourth-order valence-corrected chi connectivity index (χ4v) is 2.43. The van der Waals surface area contributed by atoms with Gasteiger partial charge in [-0.3, -0.25) is 4.99 Å². The Bertz CT molecular complexity index is 533. The molecule has 1 aromatic carbocycles. The average Bonchev–Trinajstić information content (AvgIpc) is 2.61. The first-order valence-corrected chi connectivity index (χ1v) is 8.93. The molecule has 1 rings (SSSR count). The van der Waals surface area contributed by atoms with Gasteiger partial charge >= 0.3 is 0 Å². The van der Waals surface area contributed by atoms with Crippen molar-refractivity contribution >= 4 is 5.96 Å². The van der Waals surface area contributed by atoms with E-state index in [9.17, 15) is 5.11 Å². The molecule has 6 nitrogen and oxygen atoms in total. The highest BCUT2D eigenvalue weighted by Gasteiger charge is 2.14. The van der Waals surface area contributed by atoms with E-state index in [0.29, 0.717) is 28.9 Å². The summed E-state index contributed by atoms with van der Waals surface area (Å²) in [5.74, 6) is 2.71. The van der Waals surface area contributed by atoms with Crippen LogP contribution in [0, 0.1) is 5.92 Å². The average molecular weight is 351 g/mol. The summed E-state index contributed by atoms with van der Waals surface area (Å²) in [6, 6.07) is 5.37. The van der Waals surface area contributed by atoms with Gasteiger partial charge in [-0.15, -0.1) is 0 Å². The Kier molecular flexibility index (Phi) is 9.77. The second kappa shape index (κ2) is 11.6. The SMILES string of the molecule is CCNC(=NCC(O)c1cc(OC)ccc1OC)NCCCC(C)C. The predicted molar refractivity (Wildman–Crippen MR) is 103 cm³/mol. The van der Waals surface area contributed by atoms with Crippen LogP contribution in [-0.2, 0) is 0 Å². The maximum atomic E-state index is 10.5. The minimum absolute atomic E-state index is 0.239. The molecule has 0 aromatic heterocycles. The quantitative estimate of drug-likeness (QED) is 0.343. The Morgan fingerprint density at radius 1 is 1.20 bits per heavy atom. The molecule has 0 saturated heterocycles. The minimum Gasteiger partial charge on any atom is -0.497 e. The summed E-state index contributed by atoms with van der Waals surface area (Å²) in [6.45, 7) is 8.33. The van der Waals surface area contributed by atoms with E-state index in [0.717, 1.165) is 19.5 Å². The summed E-state index contributed by atoms with van der Waals surface area (Å²) in [5.41, 5.74) is 0.668. The predicted octanol–water partition coefficient (Wildman–Crippen LogP) is 2.73. The normalized spacial score (nSPS) is 12.8. The largest absolute Gasteiger partial charge is 0.497 e. The third-order valence-corrected chi connectivity index (χ3v) is 3.81. The molecule has 0 aliphatic carbocycles. The van der Waals surface area contributed by atoms with E-state index in [4.69, 9.17) is 9.47 Å². The van der Waals surface area contributed by atoms with Crippen molar-refractivity contribution < 1.29 is 14.6 Å². The van der Waals surface area contributed by atoms with Gasteiger partial charge in [0.15, 0.2) is 5.96 Å². The number of aliphatic hydroxyl groups excluding tert-OH is 1. The number of hydrogen-bond acceptors (Lipinski definition) is 4. The van der Waals surface area contributed by atoms with E-state index in [1.807, 2.05) is 6.92 Å². The number of benzene rings is 1. The first-order chi connectivity index (χ1) is 12.0. The van der Waals surface area contributed by atoms with Crippen LogP contribution >= 0.6 is 0 Å². The molecule has 0 heterocycles. The molecule has 0 amide bonds. The number of methoxy groups -OCH3 is 2. The number of aliphatic hydroxyl groups is 1. The molecule has 6 heteroatoms. The lowest BCUT2D eigenvalue weighted by molar-refractivity contribution is 0.182. The molecule has 1 aromatic rings. The molecule has 3 N–H and O–H groups in total. The molecule has 25 heavy (non-hydrogen) atoms. The summed E-state index contributed by atoms with van der Waals surface area (Å²) in [7, 11) is 3.18. The Balaban J connectivity index is 2.71.